The Labute approximate surface area is 167 Å². The lowest BCUT2D eigenvalue weighted by molar-refractivity contribution is 0.527. The largest absolute Gasteiger partial charge is 0.364 e. The second kappa shape index (κ2) is 7.32. The van der Waals surface area contributed by atoms with E-state index in [1.54, 1.807) is 22.7 Å². The minimum Gasteiger partial charge on any atom is -0.364 e. The molecule has 0 spiro atoms. The predicted molar refractivity (Wildman–Crippen MR) is 111 cm³/mol. The Morgan fingerprint density at radius 2 is 2.16 bits per heavy atom. The van der Waals surface area contributed by atoms with Crippen molar-refractivity contribution in [2.75, 3.05) is 5.32 Å². The van der Waals surface area contributed by atoms with Crippen LogP contribution < -0.4 is 11.1 Å². The minimum atomic E-state index is 0.125. The summed E-state index contributed by atoms with van der Waals surface area (Å²) in [6.07, 6.45) is 6.22. The van der Waals surface area contributed by atoms with Gasteiger partial charge in [0.15, 0.2) is 0 Å². The summed E-state index contributed by atoms with van der Waals surface area (Å²) < 4.78 is 2.01. The predicted octanol–water partition coefficient (Wildman–Crippen LogP) is 5.54. The number of aromatic nitrogens is 2. The Balaban J connectivity index is 1.73. The summed E-state index contributed by atoms with van der Waals surface area (Å²) in [6, 6.07) is 4.27. The lowest BCUT2D eigenvalue weighted by Gasteiger charge is -2.24. The summed E-state index contributed by atoms with van der Waals surface area (Å²) in [5, 5.41) is 5.72. The number of hydrogen-bond donors (Lipinski definition) is 2. The van der Waals surface area contributed by atoms with Gasteiger partial charge < -0.3 is 11.1 Å². The zero-order valence-corrected chi connectivity index (χ0v) is 17.2. The quantitative estimate of drug-likeness (QED) is 0.400. The molecule has 0 bridgehead atoms. The number of fused-ring (bicyclic) bond motifs is 1. The van der Waals surface area contributed by atoms with Crippen LogP contribution in [0.4, 0.5) is 5.82 Å². The van der Waals surface area contributed by atoms with Crippen molar-refractivity contribution in [3.63, 3.8) is 0 Å². The first-order chi connectivity index (χ1) is 12.1. The molecule has 0 fully saturated rings. The molecule has 8 heteroatoms. The molecular weight excluding hydrogens is 440 g/mol. The highest BCUT2D eigenvalue weighted by Gasteiger charge is 2.27. The molecule has 3 aromatic rings. The summed E-state index contributed by atoms with van der Waals surface area (Å²) in [7, 11) is 0. The van der Waals surface area contributed by atoms with Gasteiger partial charge in [-0.3, -0.25) is 0 Å². The van der Waals surface area contributed by atoms with Crippen molar-refractivity contribution in [3.05, 3.63) is 49.2 Å². The first-order valence-electron chi connectivity index (χ1n) is 7.95. The second-order valence-electron chi connectivity index (χ2n) is 5.95. The minimum absolute atomic E-state index is 0.125. The van der Waals surface area contributed by atoms with Gasteiger partial charge in [-0.25, -0.2) is 4.98 Å². The van der Waals surface area contributed by atoms with Gasteiger partial charge in [-0.15, -0.1) is 22.7 Å². The molecule has 0 saturated carbocycles. The number of rotatable bonds is 4. The normalized spacial score (nSPS) is 20.3. The van der Waals surface area contributed by atoms with Gasteiger partial charge in [0.25, 0.3) is 0 Å². The van der Waals surface area contributed by atoms with E-state index in [2.05, 4.69) is 54.8 Å². The highest BCUT2D eigenvalue weighted by Crippen LogP contribution is 2.45. The number of nitrogens with one attached hydrogen (secondary N) is 1. The first kappa shape index (κ1) is 17.4. The molecule has 2 atom stereocenters. The van der Waals surface area contributed by atoms with E-state index in [9.17, 15) is 0 Å². The average molecular weight is 456 g/mol. The Bertz CT molecular complexity index is 923. The summed E-state index contributed by atoms with van der Waals surface area (Å²) in [5.74, 6) is 1.07. The van der Waals surface area contributed by atoms with Crippen LogP contribution in [0.15, 0.2) is 34.1 Å². The molecule has 0 aliphatic heterocycles. The number of nitrogens with zero attached hydrogens (tertiary/aromatic N) is 2. The molecule has 130 valence electrons. The number of anilines is 1. The Morgan fingerprint density at radius 3 is 2.92 bits per heavy atom. The van der Waals surface area contributed by atoms with E-state index >= 15 is 0 Å². The van der Waals surface area contributed by atoms with Crippen LogP contribution in [0.25, 0.3) is 10.2 Å². The molecule has 3 N–H and O–H groups in total. The van der Waals surface area contributed by atoms with Crippen molar-refractivity contribution in [2.24, 2.45) is 5.73 Å². The molecule has 0 amide bonds. The van der Waals surface area contributed by atoms with Crippen molar-refractivity contribution in [2.45, 2.75) is 31.3 Å². The van der Waals surface area contributed by atoms with Gasteiger partial charge in [0.2, 0.25) is 5.28 Å². The Hall–Kier alpha value is -0.990. The number of halogens is 2. The number of nitrogens with two attached hydrogens (primary N) is 1. The molecule has 3 aromatic heterocycles. The third-order valence-electron chi connectivity index (χ3n) is 4.30. The smallest absolute Gasteiger partial charge is 0.225 e. The topological polar surface area (TPSA) is 63.8 Å². The zero-order valence-electron chi connectivity index (χ0n) is 13.2. The molecule has 4 nitrogen and oxygen atoms in total. The van der Waals surface area contributed by atoms with Crippen LogP contribution in [0.3, 0.4) is 0 Å². The van der Waals surface area contributed by atoms with Gasteiger partial charge in [0, 0.05) is 21.7 Å². The fraction of sp³-hybridized carbons (Fsp3) is 0.294. The molecular formula is C17H16BrClN4S2. The summed E-state index contributed by atoms with van der Waals surface area (Å²) >= 11 is 13.3. The Morgan fingerprint density at radius 1 is 1.32 bits per heavy atom. The van der Waals surface area contributed by atoms with Crippen LogP contribution in [0.1, 0.15) is 28.5 Å². The number of thiophene rings is 2. The molecule has 0 unspecified atom stereocenters. The van der Waals surface area contributed by atoms with Gasteiger partial charge in [-0.05, 0) is 51.8 Å². The SMILES string of the molecule is N[C@H]1CC=CC[C@@H]1c1sc2c(NCc3cccs3)nc(Cl)nc2c1Br. The highest BCUT2D eigenvalue weighted by molar-refractivity contribution is 9.10. The van der Waals surface area contributed by atoms with E-state index in [1.807, 2.05) is 6.07 Å². The van der Waals surface area contributed by atoms with Crippen LogP contribution in [-0.2, 0) is 6.54 Å². The number of hydrogen-bond acceptors (Lipinski definition) is 6. The van der Waals surface area contributed by atoms with Crippen LogP contribution >= 0.6 is 50.2 Å². The van der Waals surface area contributed by atoms with Crippen LogP contribution in [-0.4, -0.2) is 16.0 Å². The molecule has 1 aliphatic carbocycles. The maximum Gasteiger partial charge on any atom is 0.225 e. The van der Waals surface area contributed by atoms with Crippen molar-refractivity contribution >= 4 is 66.2 Å². The average Bonchev–Trinajstić information content (AvgIpc) is 3.22. The highest BCUT2D eigenvalue weighted by atomic mass is 79.9. The van der Waals surface area contributed by atoms with Crippen molar-refractivity contribution in [1.29, 1.82) is 0 Å². The van der Waals surface area contributed by atoms with Crippen LogP contribution in [0.2, 0.25) is 5.28 Å². The van der Waals surface area contributed by atoms with E-state index in [-0.39, 0.29) is 11.3 Å². The van der Waals surface area contributed by atoms with Crippen LogP contribution in [0, 0.1) is 0 Å². The van der Waals surface area contributed by atoms with Crippen molar-refractivity contribution in [3.8, 4) is 0 Å². The molecule has 1 aliphatic rings. The first-order valence-corrected chi connectivity index (χ1v) is 10.8. The van der Waals surface area contributed by atoms with Gasteiger partial charge in [0.05, 0.1) is 15.7 Å². The monoisotopic (exact) mass is 454 g/mol. The fourth-order valence-electron chi connectivity index (χ4n) is 3.02. The van der Waals surface area contributed by atoms with Gasteiger partial charge >= 0.3 is 0 Å². The number of allylic oxidation sites excluding steroid dienone is 1. The molecule has 4 rings (SSSR count). The molecule has 0 radical (unpaired) electrons. The van der Waals surface area contributed by atoms with E-state index in [1.165, 1.54) is 9.75 Å². The van der Waals surface area contributed by atoms with Crippen molar-refractivity contribution < 1.29 is 0 Å². The molecule has 3 heterocycles. The second-order valence-corrected chi connectivity index (χ2v) is 9.16. The maximum atomic E-state index is 6.35. The molecule has 0 saturated heterocycles. The van der Waals surface area contributed by atoms with E-state index in [0.717, 1.165) is 39.9 Å². The summed E-state index contributed by atoms with van der Waals surface area (Å²) in [6.45, 7) is 0.719. The fourth-order valence-corrected chi connectivity index (χ4v) is 6.08. The van der Waals surface area contributed by atoms with Gasteiger partial charge in [0.1, 0.15) is 11.3 Å². The summed E-state index contributed by atoms with van der Waals surface area (Å²) in [4.78, 5) is 11.3. The van der Waals surface area contributed by atoms with Gasteiger partial charge in [-0.2, -0.15) is 4.98 Å². The van der Waals surface area contributed by atoms with E-state index in [4.69, 9.17) is 17.3 Å². The van der Waals surface area contributed by atoms with Gasteiger partial charge in [-0.1, -0.05) is 18.2 Å². The van der Waals surface area contributed by atoms with Crippen LogP contribution in [0.5, 0.6) is 0 Å². The third kappa shape index (κ3) is 3.48. The van der Waals surface area contributed by atoms with E-state index < -0.39 is 0 Å². The summed E-state index contributed by atoms with van der Waals surface area (Å²) in [5.41, 5.74) is 7.21. The maximum absolute atomic E-state index is 6.35. The lowest BCUT2D eigenvalue weighted by atomic mass is 9.88. The molecule has 25 heavy (non-hydrogen) atoms. The lowest BCUT2D eigenvalue weighted by Crippen LogP contribution is -2.29. The third-order valence-corrected chi connectivity index (χ3v) is 7.73. The standard InChI is InChI=1S/C17H16BrClN4S2/c18-12-13-15(25-14(12)10-5-1-2-6-11(10)20)16(23-17(19)22-13)21-8-9-4-3-7-24-9/h1-4,7,10-11H,5-6,8,20H2,(H,21,22,23)/t10-,11-/m0/s1. The van der Waals surface area contributed by atoms with Crippen molar-refractivity contribution in [1.82, 2.24) is 9.97 Å². The zero-order chi connectivity index (χ0) is 17.4. The Kier molecular flexibility index (Phi) is 5.11. The van der Waals surface area contributed by atoms with E-state index in [0.29, 0.717) is 5.92 Å². The molecule has 0 aromatic carbocycles.